The van der Waals surface area contributed by atoms with Crippen LogP contribution in [0.4, 0.5) is 4.39 Å². The lowest BCUT2D eigenvalue weighted by molar-refractivity contribution is 0.192. The predicted molar refractivity (Wildman–Crippen MR) is 73.7 cm³/mol. The fraction of sp³-hybridized carbons (Fsp3) is 0.625. The minimum atomic E-state index is -0.121. The summed E-state index contributed by atoms with van der Waals surface area (Å²) >= 11 is 0. The molecule has 1 nitrogen and oxygen atoms in total. The van der Waals surface area contributed by atoms with Crippen molar-refractivity contribution in [1.82, 2.24) is 0 Å². The van der Waals surface area contributed by atoms with Gasteiger partial charge >= 0.3 is 0 Å². The fourth-order valence-electron chi connectivity index (χ4n) is 3.44. The van der Waals surface area contributed by atoms with E-state index in [0.29, 0.717) is 12.3 Å². The first-order valence-corrected chi connectivity index (χ1v) is 7.05. The van der Waals surface area contributed by atoms with Crippen LogP contribution in [-0.4, -0.2) is 6.04 Å². The molecule has 0 aliphatic heterocycles. The molecule has 3 atom stereocenters. The van der Waals surface area contributed by atoms with Gasteiger partial charge < -0.3 is 5.73 Å². The SMILES string of the molecule is CC1CC(C)CC(C(N)Cc2ccccc2F)C1. The summed E-state index contributed by atoms with van der Waals surface area (Å²) in [6, 6.07) is 7.08. The summed E-state index contributed by atoms with van der Waals surface area (Å²) in [5.41, 5.74) is 7.07. The molecular formula is C16H24FN. The quantitative estimate of drug-likeness (QED) is 0.867. The maximum Gasteiger partial charge on any atom is 0.126 e. The Morgan fingerprint density at radius 3 is 2.39 bits per heavy atom. The van der Waals surface area contributed by atoms with E-state index in [4.69, 9.17) is 5.73 Å². The predicted octanol–water partition coefficient (Wildman–Crippen LogP) is 3.77. The average Bonchev–Trinajstić information content (AvgIpc) is 2.31. The summed E-state index contributed by atoms with van der Waals surface area (Å²) in [4.78, 5) is 0. The normalized spacial score (nSPS) is 30.1. The fourth-order valence-corrected chi connectivity index (χ4v) is 3.44. The maximum absolute atomic E-state index is 13.6. The van der Waals surface area contributed by atoms with E-state index in [-0.39, 0.29) is 11.9 Å². The van der Waals surface area contributed by atoms with Crippen molar-refractivity contribution in [3.05, 3.63) is 35.6 Å². The molecule has 0 spiro atoms. The summed E-state index contributed by atoms with van der Waals surface area (Å²) in [6.45, 7) is 4.61. The van der Waals surface area contributed by atoms with Gasteiger partial charge in [-0.05, 0) is 55.1 Å². The van der Waals surface area contributed by atoms with Crippen LogP contribution in [0.3, 0.4) is 0 Å². The number of rotatable bonds is 3. The van der Waals surface area contributed by atoms with Gasteiger partial charge in [-0.25, -0.2) is 4.39 Å². The van der Waals surface area contributed by atoms with Crippen LogP contribution in [0.2, 0.25) is 0 Å². The molecule has 0 saturated heterocycles. The molecular weight excluding hydrogens is 225 g/mol. The minimum Gasteiger partial charge on any atom is -0.327 e. The molecule has 1 aromatic rings. The lowest BCUT2D eigenvalue weighted by atomic mass is 9.73. The highest BCUT2D eigenvalue weighted by Crippen LogP contribution is 2.34. The molecule has 1 saturated carbocycles. The topological polar surface area (TPSA) is 26.0 Å². The molecule has 2 rings (SSSR count). The third-order valence-corrected chi connectivity index (χ3v) is 4.23. The summed E-state index contributed by atoms with van der Waals surface area (Å²) < 4.78 is 13.6. The van der Waals surface area contributed by atoms with Gasteiger partial charge in [-0.1, -0.05) is 32.0 Å². The van der Waals surface area contributed by atoms with Gasteiger partial charge in [-0.2, -0.15) is 0 Å². The Bertz CT molecular complexity index is 380. The molecule has 1 aliphatic carbocycles. The van der Waals surface area contributed by atoms with Crippen molar-refractivity contribution >= 4 is 0 Å². The first kappa shape index (κ1) is 13.5. The van der Waals surface area contributed by atoms with Crippen molar-refractivity contribution in [2.75, 3.05) is 0 Å². The zero-order valence-corrected chi connectivity index (χ0v) is 11.4. The molecule has 0 heterocycles. The van der Waals surface area contributed by atoms with Crippen molar-refractivity contribution in [1.29, 1.82) is 0 Å². The number of halogens is 1. The molecule has 3 unspecified atom stereocenters. The van der Waals surface area contributed by atoms with Crippen LogP contribution in [0.5, 0.6) is 0 Å². The minimum absolute atomic E-state index is 0.0899. The Morgan fingerprint density at radius 2 is 1.78 bits per heavy atom. The standard InChI is InChI=1S/C16H24FN/c1-11-7-12(2)9-14(8-11)16(18)10-13-5-3-4-6-15(13)17/h3-6,11-12,14,16H,7-10,18H2,1-2H3. The van der Waals surface area contributed by atoms with Gasteiger partial charge in [0, 0.05) is 6.04 Å². The molecule has 1 aliphatic rings. The summed E-state index contributed by atoms with van der Waals surface area (Å²) in [5, 5.41) is 0. The molecule has 18 heavy (non-hydrogen) atoms. The molecule has 0 aromatic heterocycles. The van der Waals surface area contributed by atoms with Crippen LogP contribution in [0.15, 0.2) is 24.3 Å². The van der Waals surface area contributed by atoms with E-state index in [9.17, 15) is 4.39 Å². The highest BCUT2D eigenvalue weighted by atomic mass is 19.1. The second-order valence-electron chi connectivity index (χ2n) is 6.14. The van der Waals surface area contributed by atoms with E-state index in [2.05, 4.69) is 13.8 Å². The van der Waals surface area contributed by atoms with Gasteiger partial charge in [-0.3, -0.25) is 0 Å². The van der Waals surface area contributed by atoms with Gasteiger partial charge in [0.15, 0.2) is 0 Å². The van der Waals surface area contributed by atoms with E-state index < -0.39 is 0 Å². The number of benzene rings is 1. The smallest absolute Gasteiger partial charge is 0.126 e. The highest BCUT2D eigenvalue weighted by Gasteiger charge is 2.28. The van der Waals surface area contributed by atoms with Crippen molar-refractivity contribution in [2.24, 2.45) is 23.5 Å². The van der Waals surface area contributed by atoms with Crippen LogP contribution >= 0.6 is 0 Å². The van der Waals surface area contributed by atoms with E-state index >= 15 is 0 Å². The Hall–Kier alpha value is -0.890. The molecule has 1 aromatic carbocycles. The van der Waals surface area contributed by atoms with Gasteiger partial charge in [-0.15, -0.1) is 0 Å². The van der Waals surface area contributed by atoms with Gasteiger partial charge in [0.05, 0.1) is 0 Å². The zero-order valence-electron chi connectivity index (χ0n) is 11.4. The third-order valence-electron chi connectivity index (χ3n) is 4.23. The molecule has 2 N–H and O–H groups in total. The van der Waals surface area contributed by atoms with E-state index in [0.717, 1.165) is 17.4 Å². The van der Waals surface area contributed by atoms with Crippen molar-refractivity contribution < 1.29 is 4.39 Å². The molecule has 2 heteroatoms. The third kappa shape index (κ3) is 3.32. The molecule has 1 fully saturated rings. The Labute approximate surface area is 110 Å². The van der Waals surface area contributed by atoms with Gasteiger partial charge in [0.1, 0.15) is 5.82 Å². The first-order chi connectivity index (χ1) is 8.56. The molecule has 0 amide bonds. The molecule has 0 radical (unpaired) electrons. The summed E-state index contributed by atoms with van der Waals surface area (Å²) in [6.07, 6.45) is 4.36. The van der Waals surface area contributed by atoms with Crippen LogP contribution in [0.25, 0.3) is 0 Å². The largest absolute Gasteiger partial charge is 0.327 e. The lowest BCUT2D eigenvalue weighted by Crippen LogP contribution is -2.37. The number of hydrogen-bond acceptors (Lipinski definition) is 1. The second kappa shape index (κ2) is 5.83. The summed E-state index contributed by atoms with van der Waals surface area (Å²) in [5.74, 6) is 1.93. The highest BCUT2D eigenvalue weighted by molar-refractivity contribution is 5.18. The summed E-state index contributed by atoms with van der Waals surface area (Å²) in [7, 11) is 0. The average molecular weight is 249 g/mol. The Kier molecular flexibility index (Phi) is 4.39. The van der Waals surface area contributed by atoms with Crippen LogP contribution in [-0.2, 0) is 6.42 Å². The monoisotopic (exact) mass is 249 g/mol. The van der Waals surface area contributed by atoms with Crippen molar-refractivity contribution in [3.8, 4) is 0 Å². The maximum atomic E-state index is 13.6. The first-order valence-electron chi connectivity index (χ1n) is 7.05. The molecule has 0 bridgehead atoms. The number of hydrogen-bond donors (Lipinski definition) is 1. The van der Waals surface area contributed by atoms with Crippen LogP contribution in [0, 0.1) is 23.6 Å². The number of nitrogens with two attached hydrogens (primary N) is 1. The van der Waals surface area contributed by atoms with E-state index in [1.54, 1.807) is 6.07 Å². The van der Waals surface area contributed by atoms with Crippen LogP contribution < -0.4 is 5.73 Å². The van der Waals surface area contributed by atoms with Crippen molar-refractivity contribution in [3.63, 3.8) is 0 Å². The van der Waals surface area contributed by atoms with E-state index in [1.807, 2.05) is 12.1 Å². The zero-order chi connectivity index (χ0) is 13.1. The Morgan fingerprint density at radius 1 is 1.17 bits per heavy atom. The Balaban J connectivity index is 1.99. The van der Waals surface area contributed by atoms with Crippen LogP contribution in [0.1, 0.15) is 38.7 Å². The van der Waals surface area contributed by atoms with E-state index in [1.165, 1.54) is 25.3 Å². The lowest BCUT2D eigenvalue weighted by Gasteiger charge is -2.35. The van der Waals surface area contributed by atoms with Gasteiger partial charge in [0.2, 0.25) is 0 Å². The van der Waals surface area contributed by atoms with Crippen molar-refractivity contribution in [2.45, 2.75) is 45.6 Å². The second-order valence-corrected chi connectivity index (χ2v) is 6.14. The van der Waals surface area contributed by atoms with Gasteiger partial charge in [0.25, 0.3) is 0 Å². The molecule has 100 valence electrons.